The molecule has 8 N–H and O–H groups in total. The molecule has 0 aromatic carbocycles. The van der Waals surface area contributed by atoms with Gasteiger partial charge in [-0.1, -0.05) is 0 Å². The van der Waals surface area contributed by atoms with Gasteiger partial charge in [-0.15, -0.1) is 0 Å². The van der Waals surface area contributed by atoms with Crippen molar-refractivity contribution in [2.75, 3.05) is 6.54 Å². The van der Waals surface area contributed by atoms with Crippen molar-refractivity contribution in [3.8, 4) is 0 Å². The molecule has 8 heteroatoms. The van der Waals surface area contributed by atoms with Gasteiger partial charge < -0.3 is 27.0 Å². The van der Waals surface area contributed by atoms with E-state index in [-0.39, 0.29) is 12.4 Å². The number of nitrogens with zero attached hydrogens (tertiary/aromatic N) is 1. The number of rotatable bonds is 6. The molecule has 0 bridgehead atoms. The van der Waals surface area contributed by atoms with Crippen LogP contribution in [-0.4, -0.2) is 28.1 Å². The lowest BCUT2D eigenvalue weighted by atomic mass is 10.2. The molecule has 0 heterocycles. The van der Waals surface area contributed by atoms with Gasteiger partial charge in [-0.2, -0.15) is 0 Å². The summed E-state index contributed by atoms with van der Waals surface area (Å²) in [5.74, 6) is -1.06. The molecular formula is C6H17N4O3P. The Balaban J connectivity index is 3.56. The fourth-order valence-corrected chi connectivity index (χ4v) is 1.36. The number of aliphatic imine (C=N–C) groups is 1. The lowest BCUT2D eigenvalue weighted by Gasteiger charge is -2.12. The van der Waals surface area contributed by atoms with Crippen LogP contribution >= 0.6 is 7.60 Å². The van der Waals surface area contributed by atoms with Crippen LogP contribution in [0.1, 0.15) is 19.3 Å². The van der Waals surface area contributed by atoms with Gasteiger partial charge in [0, 0.05) is 6.54 Å². The zero-order valence-electron chi connectivity index (χ0n) is 7.83. The van der Waals surface area contributed by atoms with E-state index >= 15 is 0 Å². The highest BCUT2D eigenvalue weighted by atomic mass is 31.2. The Hall–Kier alpha value is -0.620. The molecule has 7 nitrogen and oxygen atoms in total. The van der Waals surface area contributed by atoms with Crippen molar-refractivity contribution in [1.29, 1.82) is 0 Å². The molecule has 0 fully saturated rings. The predicted molar refractivity (Wildman–Crippen MR) is 54.5 cm³/mol. The van der Waals surface area contributed by atoms with Gasteiger partial charge in [0.05, 0.1) is 0 Å². The van der Waals surface area contributed by atoms with Gasteiger partial charge in [0.25, 0.3) is 0 Å². The van der Waals surface area contributed by atoms with Crippen molar-refractivity contribution < 1.29 is 14.4 Å². The molecule has 0 radical (unpaired) electrons. The summed E-state index contributed by atoms with van der Waals surface area (Å²) in [5, 5.41) is 0. The zero-order chi connectivity index (χ0) is 11.2. The first-order valence-electron chi connectivity index (χ1n) is 4.20. The Bertz CT molecular complexity index is 235. The highest BCUT2D eigenvalue weighted by Crippen LogP contribution is 2.40. The fourth-order valence-electron chi connectivity index (χ4n) is 0.842. The topological polar surface area (TPSA) is 148 Å². The third-order valence-corrected chi connectivity index (χ3v) is 2.76. The molecule has 0 aliphatic rings. The molecule has 1 unspecified atom stereocenters. The van der Waals surface area contributed by atoms with Crippen molar-refractivity contribution in [3.05, 3.63) is 0 Å². The van der Waals surface area contributed by atoms with E-state index in [2.05, 4.69) is 4.99 Å². The van der Waals surface area contributed by atoms with Gasteiger partial charge in [-0.25, -0.2) is 0 Å². The molecule has 1 atom stereocenters. The predicted octanol–water partition coefficient (Wildman–Crippen LogP) is -1.11. The molecular weight excluding hydrogens is 207 g/mol. The lowest BCUT2D eigenvalue weighted by molar-refractivity contribution is 0.353. The summed E-state index contributed by atoms with van der Waals surface area (Å²) in [6.07, 6.45) is 1.51. The maximum Gasteiger partial charge on any atom is 0.342 e. The second-order valence-electron chi connectivity index (χ2n) is 2.96. The molecule has 14 heavy (non-hydrogen) atoms. The summed E-state index contributed by atoms with van der Waals surface area (Å²) in [6.45, 7) is 0.455. The zero-order valence-corrected chi connectivity index (χ0v) is 8.73. The summed E-state index contributed by atoms with van der Waals surface area (Å²) in [4.78, 5) is 21.0. The number of guanidine groups is 1. The summed E-state index contributed by atoms with van der Waals surface area (Å²) in [7, 11) is -4.13. The minimum Gasteiger partial charge on any atom is -0.370 e. The smallest absolute Gasteiger partial charge is 0.342 e. The van der Waals surface area contributed by atoms with Gasteiger partial charge >= 0.3 is 7.60 Å². The van der Waals surface area contributed by atoms with Crippen LogP contribution < -0.4 is 17.2 Å². The molecule has 0 saturated heterocycles. The molecule has 0 aliphatic heterocycles. The average Bonchev–Trinajstić information content (AvgIpc) is 2.01. The Morgan fingerprint density at radius 2 is 1.93 bits per heavy atom. The van der Waals surface area contributed by atoms with Gasteiger partial charge in [-0.3, -0.25) is 9.56 Å². The second-order valence-corrected chi connectivity index (χ2v) is 4.80. The van der Waals surface area contributed by atoms with Crippen LogP contribution in [0.3, 0.4) is 0 Å². The summed E-state index contributed by atoms with van der Waals surface area (Å²) in [5.41, 5.74) is 15.4. The molecule has 0 aliphatic carbocycles. The first kappa shape index (κ1) is 13.4. The Morgan fingerprint density at radius 1 is 1.36 bits per heavy atom. The van der Waals surface area contributed by atoms with Crippen LogP contribution in [0.15, 0.2) is 4.99 Å². The van der Waals surface area contributed by atoms with Gasteiger partial charge in [0.2, 0.25) is 0 Å². The third-order valence-electron chi connectivity index (χ3n) is 1.63. The largest absolute Gasteiger partial charge is 0.370 e. The molecule has 0 amide bonds. The van der Waals surface area contributed by atoms with Gasteiger partial charge in [-0.05, 0) is 19.3 Å². The molecule has 0 rings (SSSR count). The van der Waals surface area contributed by atoms with E-state index in [0.717, 1.165) is 0 Å². The van der Waals surface area contributed by atoms with Crippen LogP contribution in [0.2, 0.25) is 0 Å². The minimum absolute atomic E-state index is 0.0179. The Kier molecular flexibility index (Phi) is 5.71. The standard InChI is InChI=1S/C6H17N4O3P/c7-5(14(11,12)13)3-1-2-4-10-6(8)9/h5H,1-4,7H2,(H4,8,9,10)(H2,11,12,13). The molecule has 0 aromatic heterocycles. The van der Waals surface area contributed by atoms with E-state index in [1.807, 2.05) is 0 Å². The lowest BCUT2D eigenvalue weighted by Crippen LogP contribution is -2.23. The van der Waals surface area contributed by atoms with E-state index in [0.29, 0.717) is 19.4 Å². The number of nitrogens with two attached hydrogens (primary N) is 3. The Morgan fingerprint density at radius 3 is 2.36 bits per heavy atom. The highest BCUT2D eigenvalue weighted by molar-refractivity contribution is 7.52. The summed E-state index contributed by atoms with van der Waals surface area (Å²) >= 11 is 0. The van der Waals surface area contributed by atoms with Gasteiger partial charge in [0.15, 0.2) is 5.96 Å². The van der Waals surface area contributed by atoms with Crippen LogP contribution in [0.5, 0.6) is 0 Å². The van der Waals surface area contributed by atoms with E-state index in [1.165, 1.54) is 0 Å². The average molecular weight is 224 g/mol. The molecule has 0 spiro atoms. The first-order chi connectivity index (χ1) is 6.34. The Labute approximate surface area is 82.5 Å². The van der Waals surface area contributed by atoms with E-state index in [1.54, 1.807) is 0 Å². The number of hydrogen-bond acceptors (Lipinski definition) is 3. The third kappa shape index (κ3) is 6.85. The van der Waals surface area contributed by atoms with Crippen LogP contribution in [0.25, 0.3) is 0 Å². The first-order valence-corrected chi connectivity index (χ1v) is 5.88. The van der Waals surface area contributed by atoms with Crippen LogP contribution in [0, 0.1) is 0 Å². The van der Waals surface area contributed by atoms with Crippen molar-refractivity contribution in [3.63, 3.8) is 0 Å². The van der Waals surface area contributed by atoms with E-state index in [4.69, 9.17) is 27.0 Å². The van der Waals surface area contributed by atoms with Crippen LogP contribution in [0.4, 0.5) is 0 Å². The number of hydrogen-bond donors (Lipinski definition) is 5. The van der Waals surface area contributed by atoms with Crippen molar-refractivity contribution in [1.82, 2.24) is 0 Å². The maximum atomic E-state index is 10.6. The number of unbranched alkanes of at least 4 members (excludes halogenated alkanes) is 1. The maximum absolute atomic E-state index is 10.6. The minimum atomic E-state index is -4.13. The van der Waals surface area contributed by atoms with E-state index in [9.17, 15) is 4.57 Å². The fraction of sp³-hybridized carbons (Fsp3) is 0.833. The van der Waals surface area contributed by atoms with E-state index < -0.39 is 13.4 Å². The molecule has 0 aromatic rings. The monoisotopic (exact) mass is 224 g/mol. The SMILES string of the molecule is NC(N)=NCCCCC(N)P(=O)(O)O. The van der Waals surface area contributed by atoms with Crippen molar-refractivity contribution in [2.45, 2.75) is 25.0 Å². The summed E-state index contributed by atoms with van der Waals surface area (Å²) in [6, 6.07) is 0. The van der Waals surface area contributed by atoms with Gasteiger partial charge in [0.1, 0.15) is 5.78 Å². The highest BCUT2D eigenvalue weighted by Gasteiger charge is 2.23. The summed E-state index contributed by atoms with van der Waals surface area (Å²) < 4.78 is 10.6. The quantitative estimate of drug-likeness (QED) is 0.167. The molecule has 84 valence electrons. The molecule has 0 saturated carbocycles. The van der Waals surface area contributed by atoms with Crippen LogP contribution in [-0.2, 0) is 4.57 Å². The second kappa shape index (κ2) is 5.98. The van der Waals surface area contributed by atoms with Crippen molar-refractivity contribution in [2.24, 2.45) is 22.2 Å². The van der Waals surface area contributed by atoms with Crippen molar-refractivity contribution >= 4 is 13.6 Å². The normalized spacial score (nSPS) is 13.6.